The summed E-state index contributed by atoms with van der Waals surface area (Å²) in [5.74, 6) is 1.53. The van der Waals surface area contributed by atoms with E-state index in [1.807, 2.05) is 12.1 Å². The van der Waals surface area contributed by atoms with Crippen molar-refractivity contribution in [3.8, 4) is 5.75 Å². The number of fused-ring (bicyclic) bond motifs is 5. The molecule has 0 spiro atoms. The zero-order valence-electron chi connectivity index (χ0n) is 23.8. The summed E-state index contributed by atoms with van der Waals surface area (Å²) in [4.78, 5) is 11.4. The van der Waals surface area contributed by atoms with Gasteiger partial charge in [0.25, 0.3) is 5.60 Å². The molecule has 0 unspecified atom stereocenters. The molecule has 1 aromatic carbocycles. The van der Waals surface area contributed by atoms with Crippen LogP contribution in [-0.4, -0.2) is 57.0 Å². The van der Waals surface area contributed by atoms with E-state index in [9.17, 15) is 31.1 Å². The Morgan fingerprint density at radius 2 is 1.76 bits per heavy atom. The summed E-state index contributed by atoms with van der Waals surface area (Å²) in [7, 11) is 1.32. The van der Waals surface area contributed by atoms with Crippen molar-refractivity contribution in [2.45, 2.75) is 102 Å². The fourth-order valence-electron chi connectivity index (χ4n) is 7.64. The van der Waals surface area contributed by atoms with Crippen LogP contribution < -0.4 is 4.74 Å². The highest BCUT2D eigenvalue weighted by molar-refractivity contribution is 5.70. The third-order valence-electron chi connectivity index (χ3n) is 9.67. The second-order valence-electron chi connectivity index (χ2n) is 11.9. The van der Waals surface area contributed by atoms with Gasteiger partial charge in [0.2, 0.25) is 0 Å². The summed E-state index contributed by atoms with van der Waals surface area (Å²) in [6, 6.07) is 6.01. The number of alkyl halides is 6. The van der Waals surface area contributed by atoms with Crippen LogP contribution in [-0.2, 0) is 25.4 Å². The van der Waals surface area contributed by atoms with Crippen molar-refractivity contribution < 1.29 is 50.1 Å². The summed E-state index contributed by atoms with van der Waals surface area (Å²) in [6.07, 6.45) is -7.08. The molecule has 0 heterocycles. The monoisotopic (exact) mass is 594 g/mol. The molecule has 1 aromatic rings. The molecule has 4 rings (SSSR count). The minimum Gasteiger partial charge on any atom is -0.482 e. The smallest absolute Gasteiger partial charge is 0.426 e. The minimum absolute atomic E-state index is 0.0469. The van der Waals surface area contributed by atoms with E-state index >= 15 is 0 Å². The van der Waals surface area contributed by atoms with E-state index in [2.05, 4.69) is 22.5 Å². The van der Waals surface area contributed by atoms with Crippen LogP contribution in [0.15, 0.2) is 18.2 Å². The van der Waals surface area contributed by atoms with Crippen LogP contribution in [0.3, 0.4) is 0 Å². The van der Waals surface area contributed by atoms with Gasteiger partial charge in [0.05, 0.1) is 19.8 Å². The van der Waals surface area contributed by atoms with Crippen molar-refractivity contribution in [2.75, 3.05) is 26.9 Å². The highest BCUT2D eigenvalue weighted by atomic mass is 19.4. The van der Waals surface area contributed by atoms with Crippen LogP contribution >= 0.6 is 0 Å². The number of benzene rings is 1. The quantitative estimate of drug-likeness (QED) is 0.150. The first kappa shape index (κ1) is 31.9. The lowest BCUT2D eigenvalue weighted by Crippen LogP contribution is -2.58. The Morgan fingerprint density at radius 3 is 2.41 bits per heavy atom. The van der Waals surface area contributed by atoms with Crippen LogP contribution in [0, 0.1) is 17.3 Å². The van der Waals surface area contributed by atoms with Crippen molar-refractivity contribution in [3.63, 3.8) is 0 Å². The van der Waals surface area contributed by atoms with E-state index in [4.69, 9.17) is 9.47 Å². The van der Waals surface area contributed by atoms with Gasteiger partial charge in [0.15, 0.2) is 6.61 Å². The van der Waals surface area contributed by atoms with Crippen molar-refractivity contribution >= 4 is 5.97 Å². The first-order chi connectivity index (χ1) is 19.3. The second-order valence-corrected chi connectivity index (χ2v) is 11.9. The van der Waals surface area contributed by atoms with Crippen LogP contribution in [0.2, 0.25) is 0 Å². The predicted octanol–water partition coefficient (Wildman–Crippen LogP) is 7.55. The predicted molar refractivity (Wildman–Crippen MR) is 139 cm³/mol. The van der Waals surface area contributed by atoms with Gasteiger partial charge in [0.1, 0.15) is 5.75 Å². The molecule has 41 heavy (non-hydrogen) atoms. The lowest BCUT2D eigenvalue weighted by Gasteiger charge is -2.50. The summed E-state index contributed by atoms with van der Waals surface area (Å²) in [5.41, 5.74) is -1.68. The normalized spacial score (nSPS) is 28.0. The molecule has 0 saturated heterocycles. The molecule has 5 nitrogen and oxygen atoms in total. The molecule has 232 valence electrons. The first-order valence-corrected chi connectivity index (χ1v) is 14.5. The number of methoxy groups -OCH3 is 1. The lowest BCUT2D eigenvalue weighted by molar-refractivity contribution is -0.383. The highest BCUT2D eigenvalue weighted by Gasteiger charge is 2.71. The molecule has 11 heteroatoms. The van der Waals surface area contributed by atoms with Crippen molar-refractivity contribution in [2.24, 2.45) is 17.3 Å². The van der Waals surface area contributed by atoms with E-state index in [0.29, 0.717) is 23.5 Å². The molecular weight excluding hydrogens is 554 g/mol. The molecule has 0 amide bonds. The zero-order valence-corrected chi connectivity index (χ0v) is 23.8. The maximum atomic E-state index is 13.5. The Labute approximate surface area is 237 Å². The van der Waals surface area contributed by atoms with Crippen molar-refractivity contribution in [3.05, 3.63) is 29.3 Å². The Kier molecular flexibility index (Phi) is 9.58. The Bertz CT molecular complexity index is 1040. The van der Waals surface area contributed by atoms with Gasteiger partial charge in [-0.05, 0) is 97.8 Å². The summed E-state index contributed by atoms with van der Waals surface area (Å²) >= 11 is 0. The van der Waals surface area contributed by atoms with E-state index in [1.54, 1.807) is 0 Å². The third-order valence-corrected chi connectivity index (χ3v) is 9.67. The van der Waals surface area contributed by atoms with Gasteiger partial charge < -0.3 is 18.9 Å². The standard InChI is InChI=1S/C30H40F6O5/c1-4-13-28(29(31,32)33,30(34,35)36)41-16-5-15-39-25-11-10-24-23-8-6-19-17-20(40-18-26(37)38-3)7-9-21(19)22(23)12-14-27(24,25)2/h7,9,17,22-25H,4-6,8,10-16,18H2,1-3H3/t22-,23-,24+,25+,27+/m1/s1. The molecule has 3 aliphatic carbocycles. The molecule has 0 aromatic heterocycles. The maximum Gasteiger partial charge on any atom is 0.426 e. The summed E-state index contributed by atoms with van der Waals surface area (Å²) < 4.78 is 102. The average molecular weight is 595 g/mol. The fraction of sp³-hybridized carbons (Fsp3) is 0.767. The number of halogens is 6. The third kappa shape index (κ3) is 6.21. The number of hydrogen-bond acceptors (Lipinski definition) is 5. The Morgan fingerprint density at radius 1 is 1.02 bits per heavy atom. The van der Waals surface area contributed by atoms with Crippen LogP contribution in [0.5, 0.6) is 5.75 Å². The van der Waals surface area contributed by atoms with E-state index < -0.39 is 37.0 Å². The van der Waals surface area contributed by atoms with Crippen LogP contribution in [0.25, 0.3) is 0 Å². The summed E-state index contributed by atoms with van der Waals surface area (Å²) in [6.45, 7) is 2.73. The molecule has 3 aliphatic rings. The maximum absolute atomic E-state index is 13.5. The molecule has 0 bridgehead atoms. The van der Waals surface area contributed by atoms with Crippen LogP contribution in [0.1, 0.15) is 82.3 Å². The van der Waals surface area contributed by atoms with Gasteiger partial charge in [-0.25, -0.2) is 4.79 Å². The SMILES string of the molecule is CCCC(OCCCO[C@H]1CC[C@H]2[C@@H]3CCc4cc(OCC(=O)OC)ccc4[C@H]3CC[C@]12C)(C(F)(F)F)C(F)(F)F. The molecule has 0 radical (unpaired) electrons. The number of esters is 1. The largest absolute Gasteiger partial charge is 0.482 e. The number of ether oxygens (including phenoxy) is 4. The number of rotatable bonds is 11. The van der Waals surface area contributed by atoms with Crippen molar-refractivity contribution in [1.82, 2.24) is 0 Å². The Hall–Kier alpha value is -2.01. The topological polar surface area (TPSA) is 54.0 Å². The Balaban J connectivity index is 1.33. The van der Waals surface area contributed by atoms with Gasteiger partial charge in [0, 0.05) is 6.61 Å². The van der Waals surface area contributed by atoms with Gasteiger partial charge in [-0.1, -0.05) is 26.3 Å². The lowest BCUT2D eigenvalue weighted by atomic mass is 9.55. The highest BCUT2D eigenvalue weighted by Crippen LogP contribution is 2.61. The molecule has 2 fully saturated rings. The zero-order chi connectivity index (χ0) is 30.1. The minimum atomic E-state index is -5.55. The van der Waals surface area contributed by atoms with E-state index in [0.717, 1.165) is 38.5 Å². The fourth-order valence-corrected chi connectivity index (χ4v) is 7.64. The molecule has 0 N–H and O–H groups in total. The number of hydrogen-bond donors (Lipinski definition) is 0. The van der Waals surface area contributed by atoms with Gasteiger partial charge in [-0.3, -0.25) is 0 Å². The summed E-state index contributed by atoms with van der Waals surface area (Å²) in [5, 5.41) is 0. The van der Waals surface area contributed by atoms with E-state index in [1.165, 1.54) is 25.2 Å². The number of carbonyl (C=O) groups is 1. The molecule has 0 aliphatic heterocycles. The average Bonchev–Trinajstić information content (AvgIpc) is 3.25. The van der Waals surface area contributed by atoms with Crippen molar-refractivity contribution in [1.29, 1.82) is 0 Å². The molecule has 2 saturated carbocycles. The van der Waals surface area contributed by atoms with Gasteiger partial charge >= 0.3 is 18.3 Å². The van der Waals surface area contributed by atoms with Crippen LogP contribution in [0.4, 0.5) is 26.3 Å². The first-order valence-electron chi connectivity index (χ1n) is 14.5. The molecular formula is C30H40F6O5. The van der Waals surface area contributed by atoms with E-state index in [-0.39, 0.29) is 37.6 Å². The second kappa shape index (κ2) is 12.3. The molecule has 5 atom stereocenters. The number of aryl methyl sites for hydroxylation is 1. The number of carbonyl (C=O) groups excluding carboxylic acids is 1. The van der Waals surface area contributed by atoms with Gasteiger partial charge in [-0.15, -0.1) is 0 Å². The van der Waals surface area contributed by atoms with Gasteiger partial charge in [-0.2, -0.15) is 26.3 Å².